The maximum absolute atomic E-state index is 11.6. The molecule has 0 spiro atoms. The molecule has 1 heterocycles. The number of amides is 2. The summed E-state index contributed by atoms with van der Waals surface area (Å²) in [7, 11) is 2.94. The van der Waals surface area contributed by atoms with Gasteiger partial charge in [0.15, 0.2) is 0 Å². The Bertz CT molecular complexity index is 565. The molecule has 0 fully saturated rings. The monoisotopic (exact) mass is 267 g/mol. The van der Waals surface area contributed by atoms with Crippen LogP contribution in [0.2, 0.25) is 5.02 Å². The van der Waals surface area contributed by atoms with E-state index in [4.69, 9.17) is 21.1 Å². The lowest BCUT2D eigenvalue weighted by molar-refractivity contribution is -0.123. The average Bonchev–Trinajstić information content (AvgIpc) is 2.68. The van der Waals surface area contributed by atoms with E-state index in [9.17, 15) is 9.59 Å². The van der Waals surface area contributed by atoms with Crippen LogP contribution in [0, 0.1) is 0 Å². The number of rotatable bonds is 3. The molecule has 0 radical (unpaired) electrons. The first-order valence-corrected chi connectivity index (χ1v) is 5.43. The van der Waals surface area contributed by atoms with Crippen LogP contribution < -0.4 is 14.8 Å². The molecule has 0 aromatic heterocycles. The fraction of sp³-hybridized carbons (Fsp3) is 0.167. The number of hydrogen-bond acceptors (Lipinski definition) is 4. The smallest absolute Gasteiger partial charge is 0.259 e. The van der Waals surface area contributed by atoms with Crippen molar-refractivity contribution in [3.63, 3.8) is 0 Å². The first kappa shape index (κ1) is 12.4. The van der Waals surface area contributed by atoms with Crippen molar-refractivity contribution in [2.75, 3.05) is 14.2 Å². The summed E-state index contributed by atoms with van der Waals surface area (Å²) in [6.07, 6.45) is 1.21. The minimum Gasteiger partial charge on any atom is -0.496 e. The summed E-state index contributed by atoms with van der Waals surface area (Å²) in [5.74, 6) is -0.0847. The van der Waals surface area contributed by atoms with Crippen LogP contribution in [0.1, 0.15) is 5.56 Å². The van der Waals surface area contributed by atoms with Gasteiger partial charge < -0.3 is 9.47 Å². The van der Waals surface area contributed by atoms with Gasteiger partial charge in [0.05, 0.1) is 24.8 Å². The number of methoxy groups -OCH3 is 2. The van der Waals surface area contributed by atoms with Crippen molar-refractivity contribution in [3.05, 3.63) is 28.8 Å². The largest absolute Gasteiger partial charge is 0.496 e. The molecule has 0 bridgehead atoms. The summed E-state index contributed by atoms with van der Waals surface area (Å²) in [5.41, 5.74) is 0.674. The molecule has 2 amide bonds. The van der Waals surface area contributed by atoms with Crippen molar-refractivity contribution in [1.82, 2.24) is 5.32 Å². The first-order valence-electron chi connectivity index (χ1n) is 5.05. The molecule has 6 heteroatoms. The second-order valence-corrected chi connectivity index (χ2v) is 3.97. The quantitative estimate of drug-likeness (QED) is 0.841. The molecule has 0 saturated heterocycles. The average molecular weight is 268 g/mol. The molecule has 18 heavy (non-hydrogen) atoms. The number of imide groups is 1. The van der Waals surface area contributed by atoms with E-state index in [0.717, 1.165) is 0 Å². The Balaban J connectivity index is 2.57. The molecule has 1 aromatic rings. The standard InChI is InChI=1S/C12H10ClNO4/c1-17-9-5-10(18-2)8(13)3-6(9)7-4-11(15)14-12(7)16/h3-5H,1-2H3,(H,14,15,16). The fourth-order valence-electron chi connectivity index (χ4n) is 1.68. The molecular formula is C12H10ClNO4. The normalized spacial score (nSPS) is 14.3. The zero-order valence-electron chi connectivity index (χ0n) is 9.74. The van der Waals surface area contributed by atoms with Crippen LogP contribution >= 0.6 is 11.6 Å². The Morgan fingerprint density at radius 3 is 2.28 bits per heavy atom. The summed E-state index contributed by atoms with van der Waals surface area (Å²) >= 11 is 6.00. The van der Waals surface area contributed by atoms with Crippen molar-refractivity contribution < 1.29 is 19.1 Å². The fourth-order valence-corrected chi connectivity index (χ4v) is 1.92. The summed E-state index contributed by atoms with van der Waals surface area (Å²) < 4.78 is 10.2. The summed E-state index contributed by atoms with van der Waals surface area (Å²) in [4.78, 5) is 22.7. The van der Waals surface area contributed by atoms with Crippen LogP contribution in [-0.4, -0.2) is 26.0 Å². The molecule has 1 N–H and O–H groups in total. The van der Waals surface area contributed by atoms with E-state index in [1.807, 2.05) is 0 Å². The number of carbonyl (C=O) groups excluding carboxylic acids is 2. The number of ether oxygens (including phenoxy) is 2. The van der Waals surface area contributed by atoms with Crippen LogP contribution in [0.3, 0.4) is 0 Å². The van der Waals surface area contributed by atoms with Crippen molar-refractivity contribution in [1.29, 1.82) is 0 Å². The maximum Gasteiger partial charge on any atom is 0.259 e. The van der Waals surface area contributed by atoms with E-state index >= 15 is 0 Å². The first-order chi connectivity index (χ1) is 8.56. The van der Waals surface area contributed by atoms with Gasteiger partial charge in [0.2, 0.25) is 0 Å². The Labute approximate surface area is 108 Å². The molecule has 0 saturated carbocycles. The van der Waals surface area contributed by atoms with Gasteiger partial charge in [0.25, 0.3) is 11.8 Å². The molecule has 1 aliphatic rings. The predicted octanol–water partition coefficient (Wildman–Crippen LogP) is 1.40. The predicted molar refractivity (Wildman–Crippen MR) is 65.7 cm³/mol. The lowest BCUT2D eigenvalue weighted by Gasteiger charge is -2.11. The maximum atomic E-state index is 11.6. The molecule has 0 unspecified atom stereocenters. The third-order valence-corrected chi connectivity index (χ3v) is 2.82. The minimum absolute atomic E-state index is 0.224. The van der Waals surface area contributed by atoms with Crippen molar-refractivity contribution in [2.24, 2.45) is 0 Å². The lowest BCUT2D eigenvalue weighted by Crippen LogP contribution is -2.21. The van der Waals surface area contributed by atoms with Gasteiger partial charge in [0.1, 0.15) is 11.5 Å². The van der Waals surface area contributed by atoms with Crippen molar-refractivity contribution >= 4 is 29.0 Å². The van der Waals surface area contributed by atoms with E-state index in [-0.39, 0.29) is 5.57 Å². The number of hydrogen-bond donors (Lipinski definition) is 1. The Morgan fingerprint density at radius 2 is 1.78 bits per heavy atom. The highest BCUT2D eigenvalue weighted by molar-refractivity contribution is 6.35. The van der Waals surface area contributed by atoms with Gasteiger partial charge in [-0.1, -0.05) is 11.6 Å². The van der Waals surface area contributed by atoms with Gasteiger partial charge >= 0.3 is 0 Å². The van der Waals surface area contributed by atoms with Crippen LogP contribution in [0.5, 0.6) is 11.5 Å². The minimum atomic E-state index is -0.473. The number of halogens is 1. The highest BCUT2D eigenvalue weighted by Gasteiger charge is 2.25. The number of nitrogens with one attached hydrogen (secondary N) is 1. The van der Waals surface area contributed by atoms with Gasteiger partial charge in [-0.2, -0.15) is 0 Å². The topological polar surface area (TPSA) is 64.6 Å². The van der Waals surface area contributed by atoms with E-state index in [0.29, 0.717) is 22.1 Å². The highest BCUT2D eigenvalue weighted by atomic mass is 35.5. The highest BCUT2D eigenvalue weighted by Crippen LogP contribution is 2.36. The number of benzene rings is 1. The van der Waals surface area contributed by atoms with E-state index in [2.05, 4.69) is 5.32 Å². The number of carbonyl (C=O) groups is 2. The third kappa shape index (κ3) is 2.04. The van der Waals surface area contributed by atoms with Crippen molar-refractivity contribution in [3.8, 4) is 11.5 Å². The summed E-state index contributed by atoms with van der Waals surface area (Å²) in [5, 5.41) is 2.50. The zero-order chi connectivity index (χ0) is 13.3. The van der Waals surface area contributed by atoms with Crippen LogP contribution in [-0.2, 0) is 9.59 Å². The van der Waals surface area contributed by atoms with E-state index in [1.165, 1.54) is 26.4 Å². The Hall–Kier alpha value is -2.01. The molecule has 0 aliphatic carbocycles. The van der Waals surface area contributed by atoms with E-state index in [1.54, 1.807) is 6.07 Å². The Morgan fingerprint density at radius 1 is 1.11 bits per heavy atom. The van der Waals surface area contributed by atoms with Gasteiger partial charge in [-0.05, 0) is 6.07 Å². The van der Waals surface area contributed by atoms with Gasteiger partial charge in [-0.25, -0.2) is 0 Å². The van der Waals surface area contributed by atoms with Gasteiger partial charge in [-0.15, -0.1) is 0 Å². The molecule has 0 atom stereocenters. The van der Waals surface area contributed by atoms with Crippen LogP contribution in [0.25, 0.3) is 5.57 Å². The summed E-state index contributed by atoms with van der Waals surface area (Å²) in [6.45, 7) is 0. The molecular weight excluding hydrogens is 258 g/mol. The van der Waals surface area contributed by atoms with Crippen LogP contribution in [0.15, 0.2) is 18.2 Å². The summed E-state index contributed by atoms with van der Waals surface area (Å²) in [6, 6.07) is 3.10. The lowest BCUT2D eigenvalue weighted by atomic mass is 10.0. The van der Waals surface area contributed by atoms with Crippen LogP contribution in [0.4, 0.5) is 0 Å². The molecule has 1 aromatic carbocycles. The second-order valence-electron chi connectivity index (χ2n) is 3.56. The van der Waals surface area contributed by atoms with Gasteiger partial charge in [0, 0.05) is 17.7 Å². The van der Waals surface area contributed by atoms with Crippen molar-refractivity contribution in [2.45, 2.75) is 0 Å². The molecule has 2 rings (SSSR count). The molecule has 94 valence electrons. The third-order valence-electron chi connectivity index (χ3n) is 2.52. The molecule has 5 nitrogen and oxygen atoms in total. The second kappa shape index (κ2) is 4.70. The SMILES string of the molecule is COc1cc(OC)c(C2=CC(=O)NC2=O)cc1Cl. The van der Waals surface area contributed by atoms with E-state index < -0.39 is 11.8 Å². The Kier molecular flexibility index (Phi) is 3.25. The zero-order valence-corrected chi connectivity index (χ0v) is 10.5. The molecule has 1 aliphatic heterocycles. The van der Waals surface area contributed by atoms with Gasteiger partial charge in [-0.3, -0.25) is 14.9 Å².